The molecule has 0 spiro atoms. The zero-order chi connectivity index (χ0) is 14.0. The third-order valence-corrected chi connectivity index (χ3v) is 3.62. The number of hydrogen-bond donors (Lipinski definition) is 1. The summed E-state index contributed by atoms with van der Waals surface area (Å²) in [6.45, 7) is 3.69. The minimum Gasteiger partial charge on any atom is -0.408 e. The van der Waals surface area contributed by atoms with Gasteiger partial charge in [0.05, 0.1) is 5.52 Å². The van der Waals surface area contributed by atoms with Crippen molar-refractivity contribution in [1.82, 2.24) is 9.47 Å². The molecule has 0 saturated carbocycles. The van der Waals surface area contributed by atoms with E-state index in [1.807, 2.05) is 18.2 Å². The Morgan fingerprint density at radius 3 is 2.89 bits per heavy atom. The van der Waals surface area contributed by atoms with E-state index in [1.165, 1.54) is 4.57 Å². The van der Waals surface area contributed by atoms with Gasteiger partial charge in [0.15, 0.2) is 5.58 Å². The van der Waals surface area contributed by atoms with Crippen molar-refractivity contribution >= 4 is 11.1 Å². The van der Waals surface area contributed by atoms with Crippen LogP contribution in [0.15, 0.2) is 27.4 Å². The summed E-state index contributed by atoms with van der Waals surface area (Å²) in [6.07, 6.45) is 0.975. The maximum absolute atomic E-state index is 11.4. The van der Waals surface area contributed by atoms with E-state index in [2.05, 4.69) is 18.9 Å². The first kappa shape index (κ1) is 13.8. The first-order valence-electron chi connectivity index (χ1n) is 6.51. The first-order valence-corrected chi connectivity index (χ1v) is 6.51. The number of rotatable bonds is 5. The van der Waals surface area contributed by atoms with E-state index < -0.39 is 0 Å². The Bertz CT molecular complexity index is 615. The number of nitrogens with two attached hydrogens (primary N) is 1. The zero-order valence-corrected chi connectivity index (χ0v) is 11.7. The summed E-state index contributed by atoms with van der Waals surface area (Å²) in [5, 5.41) is 0. The van der Waals surface area contributed by atoms with E-state index in [9.17, 15) is 4.79 Å². The van der Waals surface area contributed by atoms with Crippen molar-refractivity contribution in [1.29, 1.82) is 0 Å². The van der Waals surface area contributed by atoms with Gasteiger partial charge in [0.25, 0.3) is 0 Å². The molecule has 0 saturated heterocycles. The van der Waals surface area contributed by atoms with Crippen LogP contribution in [-0.4, -0.2) is 29.1 Å². The van der Waals surface area contributed by atoms with Crippen LogP contribution in [-0.2, 0) is 13.6 Å². The van der Waals surface area contributed by atoms with E-state index in [0.717, 1.165) is 24.0 Å². The predicted molar refractivity (Wildman–Crippen MR) is 76.1 cm³/mol. The van der Waals surface area contributed by atoms with Crippen LogP contribution in [0.3, 0.4) is 0 Å². The van der Waals surface area contributed by atoms with Gasteiger partial charge in [-0.15, -0.1) is 0 Å². The second kappa shape index (κ2) is 5.59. The SMILES string of the molecule is CC(CCN)N(C)Cc1ccc2oc(=O)n(C)c2c1. The lowest BCUT2D eigenvalue weighted by atomic mass is 10.1. The monoisotopic (exact) mass is 263 g/mol. The lowest BCUT2D eigenvalue weighted by Gasteiger charge is -2.24. The van der Waals surface area contributed by atoms with Gasteiger partial charge in [-0.3, -0.25) is 9.47 Å². The first-order chi connectivity index (χ1) is 9.02. The van der Waals surface area contributed by atoms with Gasteiger partial charge in [0.2, 0.25) is 0 Å². The molecule has 0 aliphatic heterocycles. The highest BCUT2D eigenvalue weighted by Gasteiger charge is 2.11. The molecule has 1 heterocycles. The molecule has 0 amide bonds. The summed E-state index contributed by atoms with van der Waals surface area (Å²) in [6, 6.07) is 6.30. The minimum absolute atomic E-state index is 0.322. The average Bonchev–Trinajstić information content (AvgIpc) is 2.66. The molecule has 0 fully saturated rings. The summed E-state index contributed by atoms with van der Waals surface area (Å²) in [4.78, 5) is 13.7. The second-order valence-electron chi connectivity index (χ2n) is 5.07. The summed E-state index contributed by atoms with van der Waals surface area (Å²) in [5.41, 5.74) is 8.21. The molecule has 1 aromatic carbocycles. The number of nitrogens with zero attached hydrogens (tertiary/aromatic N) is 2. The number of aromatic nitrogens is 1. The Kier molecular flexibility index (Phi) is 4.07. The number of fused-ring (bicyclic) bond motifs is 1. The van der Waals surface area contributed by atoms with Crippen LogP contribution in [0.1, 0.15) is 18.9 Å². The highest BCUT2D eigenvalue weighted by Crippen LogP contribution is 2.16. The molecule has 2 N–H and O–H groups in total. The van der Waals surface area contributed by atoms with E-state index in [0.29, 0.717) is 18.2 Å². The highest BCUT2D eigenvalue weighted by atomic mass is 16.4. The quantitative estimate of drug-likeness (QED) is 0.883. The maximum atomic E-state index is 11.4. The van der Waals surface area contributed by atoms with Crippen molar-refractivity contribution in [3.8, 4) is 0 Å². The third-order valence-electron chi connectivity index (χ3n) is 3.62. The van der Waals surface area contributed by atoms with Crippen LogP contribution in [0.25, 0.3) is 11.1 Å². The topological polar surface area (TPSA) is 64.4 Å². The molecular formula is C14H21N3O2. The average molecular weight is 263 g/mol. The Balaban J connectivity index is 2.21. The maximum Gasteiger partial charge on any atom is 0.419 e. The van der Waals surface area contributed by atoms with Crippen molar-refractivity contribution in [2.45, 2.75) is 25.9 Å². The smallest absolute Gasteiger partial charge is 0.408 e. The van der Waals surface area contributed by atoms with Gasteiger partial charge in [-0.25, -0.2) is 4.79 Å². The molecule has 104 valence electrons. The second-order valence-corrected chi connectivity index (χ2v) is 5.07. The molecule has 0 bridgehead atoms. The fourth-order valence-corrected chi connectivity index (χ4v) is 2.18. The predicted octanol–water partition coefficient (Wildman–Crippen LogP) is 1.30. The number of benzene rings is 1. The van der Waals surface area contributed by atoms with Gasteiger partial charge in [0, 0.05) is 19.6 Å². The van der Waals surface area contributed by atoms with Crippen LogP contribution in [0, 0.1) is 0 Å². The lowest BCUT2D eigenvalue weighted by Crippen LogP contribution is -2.30. The van der Waals surface area contributed by atoms with E-state index in [4.69, 9.17) is 10.2 Å². The van der Waals surface area contributed by atoms with E-state index in [-0.39, 0.29) is 5.76 Å². The molecule has 5 heteroatoms. The Morgan fingerprint density at radius 2 is 2.21 bits per heavy atom. The van der Waals surface area contributed by atoms with Crippen LogP contribution in [0.4, 0.5) is 0 Å². The van der Waals surface area contributed by atoms with Crippen LogP contribution < -0.4 is 11.5 Å². The third kappa shape index (κ3) is 2.88. The van der Waals surface area contributed by atoms with Gasteiger partial charge in [-0.1, -0.05) is 6.07 Å². The van der Waals surface area contributed by atoms with Gasteiger partial charge in [-0.05, 0) is 44.6 Å². The van der Waals surface area contributed by atoms with E-state index >= 15 is 0 Å². The summed E-state index contributed by atoms with van der Waals surface area (Å²) < 4.78 is 6.65. The summed E-state index contributed by atoms with van der Waals surface area (Å²) >= 11 is 0. The largest absolute Gasteiger partial charge is 0.419 e. The molecule has 2 rings (SSSR count). The van der Waals surface area contributed by atoms with Crippen molar-refractivity contribution in [3.63, 3.8) is 0 Å². The molecule has 1 aromatic heterocycles. The highest BCUT2D eigenvalue weighted by molar-refractivity contribution is 5.73. The van der Waals surface area contributed by atoms with Crippen molar-refractivity contribution < 1.29 is 4.42 Å². The molecule has 2 aromatic rings. The molecule has 0 radical (unpaired) electrons. The molecule has 0 aliphatic rings. The Labute approximate surface area is 112 Å². The van der Waals surface area contributed by atoms with Crippen molar-refractivity contribution in [2.24, 2.45) is 12.8 Å². The van der Waals surface area contributed by atoms with Gasteiger partial charge in [0.1, 0.15) is 0 Å². The lowest BCUT2D eigenvalue weighted by molar-refractivity contribution is 0.240. The molecule has 1 atom stereocenters. The fourth-order valence-electron chi connectivity index (χ4n) is 2.18. The number of hydrogen-bond acceptors (Lipinski definition) is 4. The minimum atomic E-state index is -0.322. The van der Waals surface area contributed by atoms with E-state index in [1.54, 1.807) is 7.05 Å². The zero-order valence-electron chi connectivity index (χ0n) is 11.7. The summed E-state index contributed by atoms with van der Waals surface area (Å²) in [5.74, 6) is -0.322. The standard InChI is InChI=1S/C14H21N3O2/c1-10(6-7-15)16(2)9-11-4-5-13-12(8-11)17(3)14(18)19-13/h4-5,8,10H,6-7,9,15H2,1-3H3. The Morgan fingerprint density at radius 1 is 1.47 bits per heavy atom. The van der Waals surface area contributed by atoms with Gasteiger partial charge < -0.3 is 10.2 Å². The normalized spacial score (nSPS) is 13.3. The van der Waals surface area contributed by atoms with Crippen molar-refractivity contribution in [3.05, 3.63) is 34.3 Å². The molecular weight excluding hydrogens is 242 g/mol. The molecule has 5 nitrogen and oxygen atoms in total. The number of aryl methyl sites for hydroxylation is 1. The number of oxazole rings is 1. The van der Waals surface area contributed by atoms with Gasteiger partial charge >= 0.3 is 5.76 Å². The van der Waals surface area contributed by atoms with Crippen LogP contribution in [0.2, 0.25) is 0 Å². The van der Waals surface area contributed by atoms with Crippen molar-refractivity contribution in [2.75, 3.05) is 13.6 Å². The molecule has 1 unspecified atom stereocenters. The van der Waals surface area contributed by atoms with Crippen LogP contribution >= 0.6 is 0 Å². The molecule has 19 heavy (non-hydrogen) atoms. The van der Waals surface area contributed by atoms with Crippen LogP contribution in [0.5, 0.6) is 0 Å². The Hall–Kier alpha value is -1.59. The fraction of sp³-hybridized carbons (Fsp3) is 0.500. The summed E-state index contributed by atoms with van der Waals surface area (Å²) in [7, 11) is 3.80. The molecule has 0 aliphatic carbocycles. The van der Waals surface area contributed by atoms with Gasteiger partial charge in [-0.2, -0.15) is 0 Å².